The molecule has 0 amide bonds. The second-order valence-electron chi connectivity index (χ2n) is 23.7. The summed E-state index contributed by atoms with van der Waals surface area (Å²) >= 11 is 0. The van der Waals surface area contributed by atoms with Gasteiger partial charge < -0.3 is 9.47 Å². The van der Waals surface area contributed by atoms with Crippen LogP contribution in [0.25, 0.3) is 105 Å². The van der Waals surface area contributed by atoms with Gasteiger partial charge in [-0.05, 0) is 154 Å². The van der Waals surface area contributed by atoms with Crippen LogP contribution >= 0.6 is 0 Å². The Hall–Kier alpha value is -11.1. The van der Waals surface area contributed by atoms with Crippen LogP contribution < -0.4 is 4.90 Å². The van der Waals surface area contributed by atoms with Crippen molar-refractivity contribution < 1.29 is 0 Å². The summed E-state index contributed by atoms with van der Waals surface area (Å²) < 4.78 is 2.53. The molecule has 2 nitrogen and oxygen atoms in total. The van der Waals surface area contributed by atoms with Crippen molar-refractivity contribution in [2.45, 2.75) is 10.8 Å². The Balaban J connectivity index is 0.843. The van der Waals surface area contributed by atoms with Gasteiger partial charge in [-0.1, -0.05) is 273 Å². The van der Waals surface area contributed by atoms with Gasteiger partial charge in [0, 0.05) is 27.4 Å². The van der Waals surface area contributed by atoms with Crippen molar-refractivity contribution in [1.82, 2.24) is 4.57 Å². The zero-order chi connectivity index (χ0) is 56.2. The monoisotopic (exact) mass is 1090 g/mol. The molecule has 19 rings (SSSR count). The molecular weight excluding hydrogens is 1040 g/mol. The molecule has 0 bridgehead atoms. The van der Waals surface area contributed by atoms with E-state index in [0.29, 0.717) is 0 Å². The Morgan fingerprint density at radius 1 is 0.233 bits per heavy atom. The van der Waals surface area contributed by atoms with E-state index >= 15 is 0 Å². The second kappa shape index (κ2) is 17.7. The van der Waals surface area contributed by atoms with Crippen LogP contribution in [0.5, 0.6) is 0 Å². The third kappa shape index (κ3) is 6.14. The Bertz CT molecular complexity index is 5310. The number of nitrogens with zero attached hydrogens (tertiary/aromatic N) is 2. The van der Waals surface area contributed by atoms with Gasteiger partial charge in [0.15, 0.2) is 0 Å². The smallest absolute Gasteiger partial charge is 0.0754 e. The predicted octanol–water partition coefficient (Wildman–Crippen LogP) is 21.4. The zero-order valence-electron chi connectivity index (χ0n) is 46.9. The van der Waals surface area contributed by atoms with Gasteiger partial charge in [-0.25, -0.2) is 0 Å². The molecule has 0 fully saturated rings. The normalized spacial score (nSPS) is 14.9. The van der Waals surface area contributed by atoms with Crippen molar-refractivity contribution in [3.8, 4) is 72.4 Å². The maximum Gasteiger partial charge on any atom is 0.0754 e. The highest BCUT2D eigenvalue weighted by Gasteiger charge is 2.53. The lowest BCUT2D eigenvalue weighted by atomic mass is 9.65. The summed E-state index contributed by atoms with van der Waals surface area (Å²) in [6.07, 6.45) is 0. The van der Waals surface area contributed by atoms with E-state index in [-0.39, 0.29) is 0 Å². The SMILES string of the molecule is c1ccc(-c2ccc(-c3ccccc3N(c3ccc4c(c3)C3(c5ccccc5-c5ccccc53)c3ccccc3-4)c3ccc(-c4ccc5c(c4)C4(c6ccccc6-5)c5ccccc5-n5c6ccccc6c6cccc4c65)c4ccccc34)cc2)cc1. The number of para-hydroxylation sites is 4. The largest absolute Gasteiger partial charge is 0.309 e. The first-order valence-electron chi connectivity index (χ1n) is 30.1. The van der Waals surface area contributed by atoms with Crippen molar-refractivity contribution in [3.63, 3.8) is 0 Å². The molecule has 0 radical (unpaired) electrons. The van der Waals surface area contributed by atoms with Crippen molar-refractivity contribution >= 4 is 49.6 Å². The minimum atomic E-state index is -0.567. The third-order valence-corrected chi connectivity index (χ3v) is 19.8. The maximum absolute atomic E-state index is 2.56. The molecule has 3 aliphatic carbocycles. The average molecular weight is 1090 g/mol. The minimum absolute atomic E-state index is 0.509. The molecule has 1 atom stereocenters. The predicted molar refractivity (Wildman–Crippen MR) is 356 cm³/mol. The second-order valence-corrected chi connectivity index (χ2v) is 23.7. The molecule has 0 saturated heterocycles. The van der Waals surface area contributed by atoms with E-state index < -0.39 is 10.8 Å². The molecule has 1 aromatic heterocycles. The van der Waals surface area contributed by atoms with E-state index in [2.05, 4.69) is 325 Å². The summed E-state index contributed by atoms with van der Waals surface area (Å²) in [6, 6.07) is 119. The molecule has 4 aliphatic rings. The average Bonchev–Trinajstić information content (AvgIpc) is 1.50. The van der Waals surface area contributed by atoms with Crippen LogP contribution in [0.2, 0.25) is 0 Å². The highest BCUT2D eigenvalue weighted by molar-refractivity contribution is 6.14. The Kier molecular flexibility index (Phi) is 9.78. The molecular formula is C84H52N2. The number of hydrogen-bond acceptors (Lipinski definition) is 1. The van der Waals surface area contributed by atoms with E-state index in [1.165, 1.54) is 138 Å². The zero-order valence-corrected chi connectivity index (χ0v) is 46.9. The third-order valence-electron chi connectivity index (χ3n) is 19.8. The van der Waals surface area contributed by atoms with Crippen molar-refractivity contribution in [2.24, 2.45) is 0 Å². The Morgan fingerprint density at radius 3 is 1.37 bits per heavy atom. The van der Waals surface area contributed by atoms with Crippen LogP contribution in [0.4, 0.5) is 17.1 Å². The van der Waals surface area contributed by atoms with Gasteiger partial charge in [-0.3, -0.25) is 0 Å². The highest BCUT2D eigenvalue weighted by atomic mass is 15.1. The van der Waals surface area contributed by atoms with Gasteiger partial charge in [-0.2, -0.15) is 0 Å². The molecule has 86 heavy (non-hydrogen) atoms. The number of rotatable bonds is 6. The summed E-state index contributed by atoms with van der Waals surface area (Å²) in [4.78, 5) is 2.56. The Morgan fingerprint density at radius 2 is 0.686 bits per heavy atom. The summed E-state index contributed by atoms with van der Waals surface area (Å²) in [5.74, 6) is 0. The number of fused-ring (bicyclic) bond motifs is 23. The quantitative estimate of drug-likeness (QED) is 0.161. The fraction of sp³-hybridized carbons (Fsp3) is 0.0238. The van der Waals surface area contributed by atoms with Crippen LogP contribution in [0.3, 0.4) is 0 Å². The fourth-order valence-electron chi connectivity index (χ4n) is 16.5. The molecule has 0 N–H and O–H groups in total. The van der Waals surface area contributed by atoms with Gasteiger partial charge >= 0.3 is 0 Å². The first-order chi connectivity index (χ1) is 42.7. The molecule has 14 aromatic carbocycles. The van der Waals surface area contributed by atoms with E-state index in [0.717, 1.165) is 28.2 Å². The number of hydrogen-bond donors (Lipinski definition) is 0. The lowest BCUT2D eigenvalue weighted by Gasteiger charge is -2.39. The lowest BCUT2D eigenvalue weighted by Crippen LogP contribution is -2.33. The minimum Gasteiger partial charge on any atom is -0.309 e. The number of benzene rings is 14. The maximum atomic E-state index is 2.56. The van der Waals surface area contributed by atoms with E-state index in [9.17, 15) is 0 Å². The molecule has 0 saturated carbocycles. The van der Waals surface area contributed by atoms with Crippen LogP contribution in [0.15, 0.2) is 315 Å². The van der Waals surface area contributed by atoms with Crippen LogP contribution in [-0.4, -0.2) is 4.57 Å². The highest BCUT2D eigenvalue weighted by Crippen LogP contribution is 2.65. The molecule has 1 unspecified atom stereocenters. The van der Waals surface area contributed by atoms with Gasteiger partial charge in [0.05, 0.1) is 38.9 Å². The van der Waals surface area contributed by atoms with Crippen molar-refractivity contribution in [1.29, 1.82) is 0 Å². The van der Waals surface area contributed by atoms with Crippen molar-refractivity contribution in [3.05, 3.63) is 360 Å². The fourth-order valence-corrected chi connectivity index (χ4v) is 16.5. The molecule has 1 aliphatic heterocycles. The Labute approximate surface area is 499 Å². The van der Waals surface area contributed by atoms with Gasteiger partial charge in [-0.15, -0.1) is 0 Å². The number of aromatic nitrogens is 1. The van der Waals surface area contributed by atoms with Gasteiger partial charge in [0.25, 0.3) is 0 Å². The molecule has 2 heterocycles. The first kappa shape index (κ1) is 47.4. The van der Waals surface area contributed by atoms with Gasteiger partial charge in [0.2, 0.25) is 0 Å². The van der Waals surface area contributed by atoms with Crippen molar-refractivity contribution in [2.75, 3.05) is 4.90 Å². The van der Waals surface area contributed by atoms with Crippen LogP contribution in [-0.2, 0) is 10.8 Å². The molecule has 15 aromatic rings. The summed E-state index contributed by atoms with van der Waals surface area (Å²) in [6.45, 7) is 0. The topological polar surface area (TPSA) is 8.17 Å². The summed E-state index contributed by atoms with van der Waals surface area (Å²) in [5.41, 5.74) is 31.4. The van der Waals surface area contributed by atoms with Crippen LogP contribution in [0.1, 0.15) is 44.5 Å². The van der Waals surface area contributed by atoms with E-state index in [4.69, 9.17) is 0 Å². The standard InChI is InChI=1S/C84H52N2/c1-2-21-53(22-3-1)54-41-43-55(44-42-54)59-23-10-17-38-78(59)85(57-46-48-66-64-28-8-14-34-72(64)83(77(66)52-57)70-32-12-6-25-61(70)62-26-7-13-33-71(62)83)80-50-49-58(60-24-4-5-29-67(60)80)56-45-47-65-63-27-9-15-35-73(63)84(76(65)51-56)74-36-16-19-40-81(74)86-79-39-18-11-30-68(79)69-31-20-37-75(84)82(69)86/h1-52H. The summed E-state index contributed by atoms with van der Waals surface area (Å²) in [7, 11) is 0. The van der Waals surface area contributed by atoms with E-state index in [1.54, 1.807) is 0 Å². The summed E-state index contributed by atoms with van der Waals surface area (Å²) in [5, 5.41) is 4.93. The molecule has 2 spiro atoms. The van der Waals surface area contributed by atoms with E-state index in [1.807, 2.05) is 0 Å². The van der Waals surface area contributed by atoms with Crippen LogP contribution in [0, 0.1) is 0 Å². The lowest BCUT2D eigenvalue weighted by molar-refractivity contribution is 0.749. The number of anilines is 3. The molecule has 398 valence electrons. The van der Waals surface area contributed by atoms with Gasteiger partial charge in [0.1, 0.15) is 0 Å². The molecule has 2 heteroatoms. The first-order valence-corrected chi connectivity index (χ1v) is 30.1.